The number of nitrogens with two attached hydrogens (primary N) is 1. The van der Waals surface area contributed by atoms with Gasteiger partial charge in [0.15, 0.2) is 11.9 Å². The van der Waals surface area contributed by atoms with Gasteiger partial charge < -0.3 is 20.3 Å². The van der Waals surface area contributed by atoms with Gasteiger partial charge in [0, 0.05) is 37.3 Å². The third kappa shape index (κ3) is 4.42. The van der Waals surface area contributed by atoms with Gasteiger partial charge in [0.05, 0.1) is 5.02 Å². The molecule has 1 aromatic heterocycles. The molecule has 0 bridgehead atoms. The Labute approximate surface area is 156 Å². The molecule has 1 atom stereocenters. The molecule has 25 heavy (non-hydrogen) atoms. The molecule has 1 aliphatic heterocycles. The summed E-state index contributed by atoms with van der Waals surface area (Å²) in [4.78, 5) is 17.4. The van der Waals surface area contributed by atoms with Gasteiger partial charge in [0.1, 0.15) is 5.75 Å². The minimum atomic E-state index is -0.451. The van der Waals surface area contributed by atoms with E-state index < -0.39 is 6.10 Å². The van der Waals surface area contributed by atoms with Gasteiger partial charge in [-0.15, -0.1) is 0 Å². The third-order valence-electron chi connectivity index (χ3n) is 4.00. The van der Waals surface area contributed by atoms with E-state index >= 15 is 0 Å². The second-order valence-corrected chi connectivity index (χ2v) is 6.82. The molecule has 3 rings (SSSR count). The summed E-state index contributed by atoms with van der Waals surface area (Å²) < 4.78 is 5.87. The van der Waals surface area contributed by atoms with Crippen molar-refractivity contribution in [3.63, 3.8) is 0 Å². The predicted molar refractivity (Wildman–Crippen MR) is 99.5 cm³/mol. The van der Waals surface area contributed by atoms with E-state index in [0.717, 1.165) is 26.2 Å². The lowest BCUT2D eigenvalue weighted by Crippen LogP contribution is -2.45. The van der Waals surface area contributed by atoms with Crippen LogP contribution in [0, 0.1) is 0 Å². The summed E-state index contributed by atoms with van der Waals surface area (Å²) in [6.45, 7) is 5.42. The van der Waals surface area contributed by atoms with Crippen LogP contribution in [0.15, 0.2) is 18.2 Å². The molecule has 134 valence electrons. The fourth-order valence-electron chi connectivity index (χ4n) is 2.54. The van der Waals surface area contributed by atoms with Crippen molar-refractivity contribution in [2.24, 2.45) is 0 Å². The van der Waals surface area contributed by atoms with Crippen molar-refractivity contribution in [3.05, 3.63) is 34.1 Å². The van der Waals surface area contributed by atoms with E-state index in [1.165, 1.54) is 0 Å². The van der Waals surface area contributed by atoms with Crippen LogP contribution in [-0.4, -0.2) is 53.1 Å². The zero-order chi connectivity index (χ0) is 18.0. The number of halogens is 2. The van der Waals surface area contributed by atoms with Crippen LogP contribution in [0.1, 0.15) is 18.9 Å². The van der Waals surface area contributed by atoms with Crippen LogP contribution in [0.3, 0.4) is 0 Å². The minimum Gasteiger partial charge on any atom is -0.481 e. The Balaban J connectivity index is 1.80. The number of hydrogen-bond acceptors (Lipinski definition) is 7. The summed E-state index contributed by atoms with van der Waals surface area (Å²) in [6.07, 6.45) is -0.451. The molecule has 1 aromatic carbocycles. The number of aromatic nitrogens is 3. The van der Waals surface area contributed by atoms with Crippen molar-refractivity contribution in [1.82, 2.24) is 19.9 Å². The Morgan fingerprint density at radius 2 is 1.84 bits per heavy atom. The summed E-state index contributed by atoms with van der Waals surface area (Å²) in [7, 11) is 2.09. The smallest absolute Gasteiger partial charge is 0.230 e. The van der Waals surface area contributed by atoms with Gasteiger partial charge in [-0.3, -0.25) is 0 Å². The van der Waals surface area contributed by atoms with Crippen LogP contribution in [0.4, 0.5) is 11.9 Å². The van der Waals surface area contributed by atoms with E-state index in [1.807, 2.05) is 6.92 Å². The molecule has 2 aromatic rings. The van der Waals surface area contributed by atoms with Gasteiger partial charge in [-0.2, -0.15) is 15.0 Å². The second kappa shape index (κ2) is 7.59. The van der Waals surface area contributed by atoms with Crippen molar-refractivity contribution in [2.75, 3.05) is 43.9 Å². The Kier molecular flexibility index (Phi) is 5.46. The lowest BCUT2D eigenvalue weighted by Gasteiger charge is -2.32. The maximum absolute atomic E-state index is 6.15. The first-order valence-corrected chi connectivity index (χ1v) is 8.74. The van der Waals surface area contributed by atoms with Crippen molar-refractivity contribution >= 4 is 35.1 Å². The average Bonchev–Trinajstić information content (AvgIpc) is 2.58. The van der Waals surface area contributed by atoms with E-state index in [2.05, 4.69) is 31.8 Å². The lowest BCUT2D eigenvalue weighted by molar-refractivity contribution is 0.216. The highest BCUT2D eigenvalue weighted by atomic mass is 35.5. The van der Waals surface area contributed by atoms with E-state index in [9.17, 15) is 0 Å². The first-order chi connectivity index (χ1) is 11.9. The van der Waals surface area contributed by atoms with Crippen molar-refractivity contribution < 1.29 is 4.74 Å². The minimum absolute atomic E-state index is 0.173. The first kappa shape index (κ1) is 18.0. The fourth-order valence-corrected chi connectivity index (χ4v) is 2.86. The van der Waals surface area contributed by atoms with Gasteiger partial charge >= 0.3 is 0 Å². The molecule has 0 saturated carbocycles. The molecule has 9 heteroatoms. The highest BCUT2D eigenvalue weighted by Gasteiger charge is 2.21. The SMILES string of the molecule is CC(Oc1cc(Cl)ccc1Cl)c1nc(N)nc(N2CCN(C)CC2)n1. The molecule has 1 unspecified atom stereocenters. The molecule has 1 fully saturated rings. The van der Waals surface area contributed by atoms with Crippen molar-refractivity contribution in [2.45, 2.75) is 13.0 Å². The van der Waals surface area contributed by atoms with Crippen LogP contribution < -0.4 is 15.4 Å². The summed E-state index contributed by atoms with van der Waals surface area (Å²) in [5, 5.41) is 1.01. The first-order valence-electron chi connectivity index (χ1n) is 7.99. The molecular weight excluding hydrogens is 363 g/mol. The van der Waals surface area contributed by atoms with Gasteiger partial charge in [0.2, 0.25) is 11.9 Å². The number of nitrogen functional groups attached to an aromatic ring is 1. The van der Waals surface area contributed by atoms with Gasteiger partial charge in [-0.25, -0.2) is 0 Å². The number of nitrogens with zero attached hydrogens (tertiary/aromatic N) is 5. The van der Waals surface area contributed by atoms with Crippen LogP contribution in [-0.2, 0) is 0 Å². The third-order valence-corrected chi connectivity index (χ3v) is 4.55. The standard InChI is InChI=1S/C16H20Cl2N6O/c1-10(25-13-9-11(17)3-4-12(13)18)14-20-15(19)22-16(21-14)24-7-5-23(2)6-8-24/h3-4,9-10H,5-8H2,1-2H3,(H2,19,20,21,22). The summed E-state index contributed by atoms with van der Waals surface area (Å²) in [6, 6.07) is 5.05. The van der Waals surface area contributed by atoms with E-state index in [1.54, 1.807) is 18.2 Å². The number of anilines is 2. The van der Waals surface area contributed by atoms with Crippen LogP contribution in [0.25, 0.3) is 0 Å². The second-order valence-electron chi connectivity index (χ2n) is 5.98. The summed E-state index contributed by atoms with van der Waals surface area (Å²) >= 11 is 12.2. The maximum atomic E-state index is 6.15. The van der Waals surface area contributed by atoms with Crippen molar-refractivity contribution in [3.8, 4) is 5.75 Å². The molecule has 1 aliphatic rings. The molecule has 0 aliphatic carbocycles. The molecule has 1 saturated heterocycles. The zero-order valence-electron chi connectivity index (χ0n) is 14.1. The number of benzene rings is 1. The number of hydrogen-bond donors (Lipinski definition) is 1. The van der Waals surface area contributed by atoms with E-state index in [-0.39, 0.29) is 5.95 Å². The maximum Gasteiger partial charge on any atom is 0.230 e. The molecule has 0 spiro atoms. The topological polar surface area (TPSA) is 80.4 Å². The van der Waals surface area contributed by atoms with E-state index in [4.69, 9.17) is 33.7 Å². The normalized spacial score (nSPS) is 16.7. The Hall–Kier alpha value is -1.83. The van der Waals surface area contributed by atoms with Gasteiger partial charge in [0.25, 0.3) is 0 Å². The molecule has 2 N–H and O–H groups in total. The van der Waals surface area contributed by atoms with Gasteiger partial charge in [-0.05, 0) is 26.1 Å². The van der Waals surface area contributed by atoms with Crippen molar-refractivity contribution in [1.29, 1.82) is 0 Å². The molecular formula is C16H20Cl2N6O. The monoisotopic (exact) mass is 382 g/mol. The highest BCUT2D eigenvalue weighted by molar-refractivity contribution is 6.34. The summed E-state index contributed by atoms with van der Waals surface area (Å²) in [5.41, 5.74) is 5.88. The predicted octanol–water partition coefficient (Wildman–Crippen LogP) is 2.65. The lowest BCUT2D eigenvalue weighted by atomic mass is 10.3. The number of rotatable bonds is 4. The Bertz CT molecular complexity index is 751. The largest absolute Gasteiger partial charge is 0.481 e. The molecule has 7 nitrogen and oxygen atoms in total. The highest BCUT2D eigenvalue weighted by Crippen LogP contribution is 2.31. The molecule has 0 amide bonds. The van der Waals surface area contributed by atoms with Crippen LogP contribution in [0.5, 0.6) is 5.75 Å². The average molecular weight is 383 g/mol. The number of piperazine rings is 1. The van der Waals surface area contributed by atoms with Crippen LogP contribution in [0.2, 0.25) is 10.0 Å². The van der Waals surface area contributed by atoms with Gasteiger partial charge in [-0.1, -0.05) is 23.2 Å². The number of ether oxygens (including phenoxy) is 1. The fraction of sp³-hybridized carbons (Fsp3) is 0.438. The van der Waals surface area contributed by atoms with Crippen LogP contribution >= 0.6 is 23.2 Å². The van der Waals surface area contributed by atoms with E-state index in [0.29, 0.717) is 27.6 Å². The zero-order valence-corrected chi connectivity index (χ0v) is 15.6. The number of likely N-dealkylation sites (N-methyl/N-ethyl adjacent to an activating group) is 1. The Morgan fingerprint density at radius 1 is 1.12 bits per heavy atom. The summed E-state index contributed by atoms with van der Waals surface area (Å²) in [5.74, 6) is 1.68. The molecule has 0 radical (unpaired) electrons. The Morgan fingerprint density at radius 3 is 2.56 bits per heavy atom. The quantitative estimate of drug-likeness (QED) is 0.869. The molecule has 2 heterocycles.